The lowest BCUT2D eigenvalue weighted by Gasteiger charge is -2.31. The number of benzene rings is 10. The molecule has 11 rings (SSSR count). The van der Waals surface area contributed by atoms with Gasteiger partial charge in [0, 0.05) is 27.6 Å². The lowest BCUT2D eigenvalue weighted by Crippen LogP contribution is -2.13. The van der Waals surface area contributed by atoms with E-state index in [9.17, 15) is 0 Å². The van der Waals surface area contributed by atoms with Gasteiger partial charge in [0.1, 0.15) is 0 Å². The quantitative estimate of drug-likeness (QED) is 0.150. The van der Waals surface area contributed by atoms with Crippen LogP contribution in [0.5, 0.6) is 0 Å². The summed E-state index contributed by atoms with van der Waals surface area (Å²) in [5, 5.41) is 4.84. The predicted molar refractivity (Wildman–Crippen MR) is 255 cm³/mol. The third-order valence-electron chi connectivity index (χ3n) is 11.8. The molecule has 0 aliphatic rings. The van der Waals surface area contributed by atoms with E-state index in [4.69, 9.17) is 0 Å². The van der Waals surface area contributed by atoms with Gasteiger partial charge < -0.3 is 9.47 Å². The van der Waals surface area contributed by atoms with Gasteiger partial charge in [-0.05, 0) is 86.6 Å². The van der Waals surface area contributed by atoms with Crippen molar-refractivity contribution in [2.75, 3.05) is 4.90 Å². The fourth-order valence-corrected chi connectivity index (χ4v) is 9.14. The van der Waals surface area contributed by atoms with Crippen molar-refractivity contribution in [1.29, 1.82) is 0 Å². The van der Waals surface area contributed by atoms with Crippen molar-refractivity contribution < 1.29 is 0 Å². The van der Waals surface area contributed by atoms with Gasteiger partial charge in [0.2, 0.25) is 0 Å². The van der Waals surface area contributed by atoms with Crippen molar-refractivity contribution >= 4 is 49.6 Å². The Hall–Kier alpha value is -7.94. The number of hydrogen-bond acceptors (Lipinski definition) is 1. The van der Waals surface area contributed by atoms with Crippen molar-refractivity contribution in [3.63, 3.8) is 0 Å². The summed E-state index contributed by atoms with van der Waals surface area (Å²) in [5.74, 6) is 0. The Morgan fingerprint density at radius 1 is 0.283 bits per heavy atom. The van der Waals surface area contributed by atoms with Gasteiger partial charge in [-0.15, -0.1) is 0 Å². The van der Waals surface area contributed by atoms with Gasteiger partial charge >= 0.3 is 0 Å². The number of anilines is 3. The van der Waals surface area contributed by atoms with Crippen LogP contribution < -0.4 is 4.90 Å². The number of fused-ring (bicyclic) bond motifs is 4. The van der Waals surface area contributed by atoms with Crippen LogP contribution in [0.4, 0.5) is 17.1 Å². The molecule has 0 spiro atoms. The van der Waals surface area contributed by atoms with E-state index < -0.39 is 0 Å². The first-order chi connectivity index (χ1) is 29.8. The highest BCUT2D eigenvalue weighted by Gasteiger charge is 2.25. The van der Waals surface area contributed by atoms with Crippen molar-refractivity contribution in [1.82, 2.24) is 4.57 Å². The second-order valence-corrected chi connectivity index (χ2v) is 15.2. The smallest absolute Gasteiger partial charge is 0.0562 e. The molecule has 0 atom stereocenters. The van der Waals surface area contributed by atoms with Gasteiger partial charge in [-0.25, -0.2) is 0 Å². The molecule has 0 saturated heterocycles. The minimum absolute atomic E-state index is 1.11. The molecule has 60 heavy (non-hydrogen) atoms. The number of para-hydroxylation sites is 3. The minimum atomic E-state index is 1.11. The van der Waals surface area contributed by atoms with E-state index in [2.05, 4.69) is 252 Å². The second kappa shape index (κ2) is 15.1. The van der Waals surface area contributed by atoms with Crippen molar-refractivity contribution in [3.8, 4) is 50.2 Å². The van der Waals surface area contributed by atoms with E-state index in [0.717, 1.165) is 39.3 Å². The summed E-state index contributed by atoms with van der Waals surface area (Å²) in [4.78, 5) is 2.51. The van der Waals surface area contributed by atoms with Gasteiger partial charge in [0.15, 0.2) is 0 Å². The van der Waals surface area contributed by atoms with E-state index in [1.54, 1.807) is 0 Å². The van der Waals surface area contributed by atoms with Gasteiger partial charge in [-0.1, -0.05) is 200 Å². The SMILES string of the molecule is c1ccc(-c2ccc(-n3c4ccccc4c4c(N(c5ccccc5-c5ccccc5)c5ccccc5-c5cccc6ccccc56)cccc43)cc2-c2ccccc2)cc1. The second-order valence-electron chi connectivity index (χ2n) is 15.2. The fraction of sp³-hybridized carbons (Fsp3) is 0. The van der Waals surface area contributed by atoms with Crippen LogP contribution in [0, 0.1) is 0 Å². The van der Waals surface area contributed by atoms with Crippen LogP contribution in [0.1, 0.15) is 0 Å². The molecule has 1 aromatic heterocycles. The zero-order chi connectivity index (χ0) is 39.8. The summed E-state index contributed by atoms with van der Waals surface area (Å²) in [6.07, 6.45) is 0. The number of hydrogen-bond donors (Lipinski definition) is 0. The Morgan fingerprint density at radius 2 is 0.767 bits per heavy atom. The molecule has 0 amide bonds. The molecule has 1 heterocycles. The molecule has 11 aromatic rings. The monoisotopic (exact) mass is 764 g/mol. The lowest BCUT2D eigenvalue weighted by molar-refractivity contribution is 1.18. The molecule has 2 heteroatoms. The molecule has 0 unspecified atom stereocenters. The van der Waals surface area contributed by atoms with Crippen LogP contribution in [-0.4, -0.2) is 4.57 Å². The Balaban J connectivity index is 1.21. The van der Waals surface area contributed by atoms with E-state index >= 15 is 0 Å². The molecule has 0 aliphatic heterocycles. The molecule has 0 bridgehead atoms. The highest BCUT2D eigenvalue weighted by atomic mass is 15.2. The Morgan fingerprint density at radius 3 is 1.50 bits per heavy atom. The Kier molecular flexibility index (Phi) is 8.87. The first-order valence-electron chi connectivity index (χ1n) is 20.6. The molecule has 0 radical (unpaired) electrons. The lowest BCUT2D eigenvalue weighted by atomic mass is 9.94. The van der Waals surface area contributed by atoms with Gasteiger partial charge in [-0.2, -0.15) is 0 Å². The van der Waals surface area contributed by atoms with Gasteiger partial charge in [0.05, 0.1) is 28.1 Å². The number of rotatable bonds is 8. The maximum absolute atomic E-state index is 2.51. The topological polar surface area (TPSA) is 8.17 Å². The van der Waals surface area contributed by atoms with Crippen LogP contribution in [0.3, 0.4) is 0 Å². The van der Waals surface area contributed by atoms with E-state index in [-0.39, 0.29) is 0 Å². The van der Waals surface area contributed by atoms with E-state index in [1.165, 1.54) is 60.5 Å². The van der Waals surface area contributed by atoms with E-state index in [1.807, 2.05) is 0 Å². The standard InChI is InChI=1S/C58H40N2/c1-4-20-41(21-5-1)47-39-38-45(40-52(47)44-24-8-3-9-25-44)59-55-35-17-14-31-51(55)58-56(59)36-19-37-57(58)60(53-33-15-12-29-48(53)43-22-6-2-7-23-43)54-34-16-13-30-50(54)49-32-18-27-42-26-10-11-28-46(42)49/h1-40H. The summed E-state index contributed by atoms with van der Waals surface area (Å²) in [5.41, 5.74) is 16.2. The minimum Gasteiger partial charge on any atom is -0.309 e. The zero-order valence-corrected chi connectivity index (χ0v) is 33.0. The first kappa shape index (κ1) is 35.2. The normalized spacial score (nSPS) is 11.3. The van der Waals surface area contributed by atoms with Crippen molar-refractivity contribution in [2.45, 2.75) is 0 Å². The molecule has 0 fully saturated rings. The average molecular weight is 765 g/mol. The summed E-state index contributed by atoms with van der Waals surface area (Å²) < 4.78 is 2.45. The third kappa shape index (κ3) is 6.06. The average Bonchev–Trinajstić information content (AvgIpc) is 3.67. The third-order valence-corrected chi connectivity index (χ3v) is 11.8. The van der Waals surface area contributed by atoms with E-state index in [0.29, 0.717) is 0 Å². The van der Waals surface area contributed by atoms with Crippen LogP contribution in [0.15, 0.2) is 243 Å². The maximum atomic E-state index is 2.51. The number of aromatic nitrogens is 1. The summed E-state index contributed by atoms with van der Waals surface area (Å²) >= 11 is 0. The van der Waals surface area contributed by atoms with Crippen LogP contribution >= 0.6 is 0 Å². The molecular weight excluding hydrogens is 725 g/mol. The summed E-state index contributed by atoms with van der Waals surface area (Å²) in [6, 6.07) is 88.0. The zero-order valence-electron chi connectivity index (χ0n) is 33.0. The fourth-order valence-electron chi connectivity index (χ4n) is 9.14. The highest BCUT2D eigenvalue weighted by molar-refractivity contribution is 6.17. The largest absolute Gasteiger partial charge is 0.309 e. The first-order valence-corrected chi connectivity index (χ1v) is 20.6. The summed E-state index contributed by atoms with van der Waals surface area (Å²) in [6.45, 7) is 0. The van der Waals surface area contributed by atoms with Gasteiger partial charge in [-0.3, -0.25) is 0 Å². The molecule has 0 saturated carbocycles. The van der Waals surface area contributed by atoms with Crippen molar-refractivity contribution in [2.24, 2.45) is 0 Å². The highest BCUT2D eigenvalue weighted by Crippen LogP contribution is 2.49. The Bertz CT molecular complexity index is 3300. The predicted octanol–water partition coefficient (Wildman–Crippen LogP) is 16.1. The summed E-state index contributed by atoms with van der Waals surface area (Å²) in [7, 11) is 0. The maximum Gasteiger partial charge on any atom is 0.0562 e. The van der Waals surface area contributed by atoms with Crippen molar-refractivity contribution in [3.05, 3.63) is 243 Å². The molecule has 10 aromatic carbocycles. The molecule has 0 N–H and O–H groups in total. The van der Waals surface area contributed by atoms with Crippen LogP contribution in [-0.2, 0) is 0 Å². The molecular formula is C58H40N2. The number of nitrogens with zero attached hydrogens (tertiary/aromatic N) is 2. The van der Waals surface area contributed by atoms with Crippen LogP contribution in [0.2, 0.25) is 0 Å². The molecule has 2 nitrogen and oxygen atoms in total. The van der Waals surface area contributed by atoms with Crippen LogP contribution in [0.25, 0.3) is 82.8 Å². The Labute approximate surface area is 350 Å². The molecule has 0 aliphatic carbocycles. The molecule has 282 valence electrons. The van der Waals surface area contributed by atoms with Gasteiger partial charge in [0.25, 0.3) is 0 Å².